The number of hydrogen-bond acceptors (Lipinski definition) is 6. The normalized spacial score (nSPS) is 19.4. The highest BCUT2D eigenvalue weighted by Crippen LogP contribution is 2.40. The fraction of sp³-hybridized carbons (Fsp3) is 0.474. The van der Waals surface area contributed by atoms with E-state index in [1.807, 2.05) is 11.8 Å². The summed E-state index contributed by atoms with van der Waals surface area (Å²) in [6.45, 7) is 3.79. The summed E-state index contributed by atoms with van der Waals surface area (Å²) in [4.78, 5) is 26.3. The van der Waals surface area contributed by atoms with E-state index >= 15 is 4.39 Å². The van der Waals surface area contributed by atoms with Crippen molar-refractivity contribution in [2.45, 2.75) is 25.8 Å². The first kappa shape index (κ1) is 21.2. The number of carboxylic acid groups (broad SMARTS) is 1. The number of carbonyl (C=O) groups is 1. The summed E-state index contributed by atoms with van der Waals surface area (Å²) in [7, 11) is 1.79. The van der Waals surface area contributed by atoms with Gasteiger partial charge in [-0.2, -0.15) is 0 Å². The van der Waals surface area contributed by atoms with Crippen LogP contribution in [0.3, 0.4) is 0 Å². The third-order valence-corrected chi connectivity index (χ3v) is 6.04. The van der Waals surface area contributed by atoms with Gasteiger partial charge in [-0.25, -0.2) is 9.18 Å². The molecule has 0 aliphatic carbocycles. The van der Waals surface area contributed by atoms with Gasteiger partial charge in [0.1, 0.15) is 5.56 Å². The number of carboxylic acids is 1. The topological polar surface area (TPSA) is 118 Å². The molecular formula is C19H25ClFN5O3. The number of nitrogen functional groups attached to an aromatic ring is 1. The molecule has 158 valence electrons. The van der Waals surface area contributed by atoms with Crippen LogP contribution >= 0.6 is 12.4 Å². The van der Waals surface area contributed by atoms with Gasteiger partial charge in [0.2, 0.25) is 5.43 Å². The predicted molar refractivity (Wildman–Crippen MR) is 113 cm³/mol. The molecule has 1 saturated heterocycles. The molecule has 8 nitrogen and oxygen atoms in total. The van der Waals surface area contributed by atoms with Crippen molar-refractivity contribution in [3.05, 3.63) is 33.4 Å². The van der Waals surface area contributed by atoms with Crippen molar-refractivity contribution in [3.63, 3.8) is 0 Å². The van der Waals surface area contributed by atoms with Gasteiger partial charge in [-0.15, -0.1) is 12.4 Å². The van der Waals surface area contributed by atoms with Crippen molar-refractivity contribution in [3.8, 4) is 0 Å². The van der Waals surface area contributed by atoms with Crippen molar-refractivity contribution in [1.29, 1.82) is 0 Å². The Hall–Kier alpha value is -2.52. The molecule has 0 unspecified atom stereocenters. The van der Waals surface area contributed by atoms with Crippen LogP contribution in [0.25, 0.3) is 10.9 Å². The molecule has 2 atom stereocenters. The van der Waals surface area contributed by atoms with Crippen LogP contribution in [-0.4, -0.2) is 48.5 Å². The van der Waals surface area contributed by atoms with Crippen molar-refractivity contribution >= 4 is 40.7 Å². The van der Waals surface area contributed by atoms with Crippen LogP contribution in [0.15, 0.2) is 11.0 Å². The maximum absolute atomic E-state index is 15.4. The number of benzene rings is 1. The van der Waals surface area contributed by atoms with E-state index in [9.17, 15) is 14.7 Å². The molecular weight excluding hydrogens is 401 g/mol. The van der Waals surface area contributed by atoms with E-state index in [1.165, 1.54) is 6.20 Å². The van der Waals surface area contributed by atoms with E-state index in [-0.39, 0.29) is 35.4 Å². The Kier molecular flexibility index (Phi) is 5.40. The van der Waals surface area contributed by atoms with E-state index in [0.717, 1.165) is 6.42 Å². The summed E-state index contributed by atoms with van der Waals surface area (Å²) < 4.78 is 17.0. The van der Waals surface area contributed by atoms with E-state index in [4.69, 9.17) is 11.5 Å². The van der Waals surface area contributed by atoms with Crippen LogP contribution in [0.1, 0.15) is 29.3 Å². The van der Waals surface area contributed by atoms with Crippen LogP contribution in [-0.2, 0) is 6.42 Å². The third-order valence-electron chi connectivity index (χ3n) is 6.04. The Balaban J connectivity index is 0.00000240. The lowest BCUT2D eigenvalue weighted by Gasteiger charge is -2.34. The fourth-order valence-corrected chi connectivity index (χ4v) is 4.41. The number of hydrogen-bond donors (Lipinski definition) is 3. The maximum Gasteiger partial charge on any atom is 0.341 e. The molecule has 29 heavy (non-hydrogen) atoms. The molecule has 2 aromatic rings. The van der Waals surface area contributed by atoms with Gasteiger partial charge >= 0.3 is 5.97 Å². The second kappa shape index (κ2) is 7.38. The lowest BCUT2D eigenvalue weighted by atomic mass is 9.98. The van der Waals surface area contributed by atoms with Crippen molar-refractivity contribution < 1.29 is 14.3 Å². The zero-order chi connectivity index (χ0) is 20.3. The Morgan fingerprint density at radius 2 is 2.07 bits per heavy atom. The molecule has 0 spiro atoms. The molecule has 1 aromatic carbocycles. The van der Waals surface area contributed by atoms with E-state index < -0.39 is 22.8 Å². The Bertz CT molecular complexity index is 1050. The summed E-state index contributed by atoms with van der Waals surface area (Å²) >= 11 is 0. The maximum atomic E-state index is 15.4. The minimum Gasteiger partial charge on any atom is -0.477 e. The zero-order valence-electron chi connectivity index (χ0n) is 16.3. The molecule has 10 heteroatoms. The Morgan fingerprint density at radius 3 is 2.66 bits per heavy atom. The standard InChI is InChI=1S/C19H24FN5O3.ClH/c1-9(21)10-3-6-24(7-10)17-11-4-5-23(2)25-8-12(19(27)28)18(26)13(16(11)25)15(22)14(17)20;/h8-10H,3-7,21-22H2,1-2H3,(H,27,28);1H/t9-,10+;/m0./s1. The number of rotatable bonds is 3. The number of likely N-dealkylation sites (N-methyl/N-ethyl adjacent to an activating group) is 1. The van der Waals surface area contributed by atoms with E-state index in [0.29, 0.717) is 42.8 Å². The number of aromatic carboxylic acids is 1. The molecule has 4 rings (SSSR count). The minimum atomic E-state index is -1.36. The number of aromatic nitrogens is 1. The fourth-order valence-electron chi connectivity index (χ4n) is 4.41. The molecule has 0 saturated carbocycles. The van der Waals surface area contributed by atoms with Crippen LogP contribution in [0, 0.1) is 11.7 Å². The molecule has 0 bridgehead atoms. The van der Waals surface area contributed by atoms with Crippen LogP contribution < -0.4 is 26.8 Å². The van der Waals surface area contributed by atoms with Crippen molar-refractivity contribution in [1.82, 2.24) is 4.68 Å². The quantitative estimate of drug-likeness (QED) is 0.631. The number of nitrogens with zero attached hydrogens (tertiary/aromatic N) is 3. The average molecular weight is 426 g/mol. The van der Waals surface area contributed by atoms with E-state index in [2.05, 4.69) is 0 Å². The number of halogens is 2. The second-order valence-corrected chi connectivity index (χ2v) is 7.79. The summed E-state index contributed by atoms with van der Waals surface area (Å²) in [6, 6.07) is 0.00431. The minimum absolute atomic E-state index is 0. The first-order valence-electron chi connectivity index (χ1n) is 9.36. The number of nitrogens with two attached hydrogens (primary N) is 2. The lowest BCUT2D eigenvalue weighted by Crippen LogP contribution is -2.40. The van der Waals surface area contributed by atoms with Gasteiger partial charge in [-0.1, -0.05) is 0 Å². The van der Waals surface area contributed by atoms with Gasteiger partial charge in [-0.05, 0) is 25.7 Å². The molecule has 5 N–H and O–H groups in total. The van der Waals surface area contributed by atoms with Gasteiger partial charge in [-0.3, -0.25) is 9.47 Å². The highest BCUT2D eigenvalue weighted by atomic mass is 35.5. The summed E-state index contributed by atoms with van der Waals surface area (Å²) in [5.74, 6) is -1.76. The highest BCUT2D eigenvalue weighted by molar-refractivity contribution is 6.02. The van der Waals surface area contributed by atoms with Gasteiger partial charge in [0.15, 0.2) is 5.82 Å². The second-order valence-electron chi connectivity index (χ2n) is 7.79. The van der Waals surface area contributed by atoms with Crippen molar-refractivity contribution in [2.24, 2.45) is 11.7 Å². The van der Waals surface area contributed by atoms with Gasteiger partial charge in [0, 0.05) is 44.5 Å². The Morgan fingerprint density at radius 1 is 1.38 bits per heavy atom. The number of anilines is 2. The average Bonchev–Trinajstić information content (AvgIpc) is 3.12. The lowest BCUT2D eigenvalue weighted by molar-refractivity contribution is 0.0695. The number of pyridine rings is 1. The molecule has 2 aliphatic heterocycles. The van der Waals surface area contributed by atoms with Crippen LogP contribution in [0.2, 0.25) is 0 Å². The van der Waals surface area contributed by atoms with Gasteiger partial charge in [0.25, 0.3) is 0 Å². The molecule has 1 aromatic heterocycles. The first-order valence-corrected chi connectivity index (χ1v) is 9.36. The van der Waals surface area contributed by atoms with Crippen LogP contribution in [0.5, 0.6) is 0 Å². The zero-order valence-corrected chi connectivity index (χ0v) is 17.1. The van der Waals surface area contributed by atoms with Gasteiger partial charge in [0.05, 0.1) is 22.3 Å². The molecule has 2 aliphatic rings. The largest absolute Gasteiger partial charge is 0.477 e. The van der Waals surface area contributed by atoms with Crippen LogP contribution in [0.4, 0.5) is 15.8 Å². The molecule has 0 amide bonds. The van der Waals surface area contributed by atoms with E-state index in [1.54, 1.807) is 16.7 Å². The monoisotopic (exact) mass is 425 g/mol. The van der Waals surface area contributed by atoms with Gasteiger partial charge < -0.3 is 26.5 Å². The van der Waals surface area contributed by atoms with Crippen molar-refractivity contribution in [2.75, 3.05) is 42.3 Å². The molecule has 3 heterocycles. The summed E-state index contributed by atoms with van der Waals surface area (Å²) in [5, 5.41) is 11.1. The third kappa shape index (κ3) is 3.08. The summed E-state index contributed by atoms with van der Waals surface area (Å²) in [6.07, 6.45) is 2.69. The first-order chi connectivity index (χ1) is 13.2. The molecule has 0 radical (unpaired) electrons. The predicted octanol–water partition coefficient (Wildman–Crippen LogP) is 1.14. The SMILES string of the molecule is C[C@H](N)[C@@H]1CCN(c2c(F)c(N)c3c(=O)c(C(=O)O)cn4c3c2CCN4C)C1.Cl. The Labute approximate surface area is 173 Å². The molecule has 1 fully saturated rings. The smallest absolute Gasteiger partial charge is 0.341 e. The summed E-state index contributed by atoms with van der Waals surface area (Å²) in [5.41, 5.74) is 12.2. The highest BCUT2D eigenvalue weighted by Gasteiger charge is 2.34.